The number of anilines is 1. The van der Waals surface area contributed by atoms with Gasteiger partial charge in [0.2, 0.25) is 0 Å². The Bertz CT molecular complexity index is 571. The maximum Gasteiger partial charge on any atom is 0.271 e. The molecule has 0 spiro atoms. The van der Waals surface area contributed by atoms with Crippen molar-refractivity contribution in [3.05, 3.63) is 47.9 Å². The molecule has 2 rings (SSSR count). The first kappa shape index (κ1) is 15.9. The van der Waals surface area contributed by atoms with Gasteiger partial charge < -0.3 is 10.6 Å². The number of amides is 1. The first-order valence-corrected chi connectivity index (χ1v) is 7.55. The number of carbonyl (C=O) groups is 1. The van der Waals surface area contributed by atoms with Crippen LogP contribution >= 0.6 is 0 Å². The van der Waals surface area contributed by atoms with Crippen molar-refractivity contribution in [2.45, 2.75) is 32.7 Å². The Labute approximate surface area is 130 Å². The van der Waals surface area contributed by atoms with E-state index < -0.39 is 0 Å². The van der Waals surface area contributed by atoms with Gasteiger partial charge in [0.05, 0.1) is 12.2 Å². The lowest BCUT2D eigenvalue weighted by Crippen LogP contribution is -2.25. The lowest BCUT2D eigenvalue weighted by molar-refractivity contribution is 0.0947. The van der Waals surface area contributed by atoms with Crippen LogP contribution in [-0.2, 0) is 6.54 Å². The number of hydrogen-bond donors (Lipinski definition) is 2. The highest BCUT2D eigenvalue weighted by Gasteiger charge is 2.07. The molecular formula is C16H21N5O. The molecule has 22 heavy (non-hydrogen) atoms. The van der Waals surface area contributed by atoms with Gasteiger partial charge in [0, 0.05) is 12.7 Å². The van der Waals surface area contributed by atoms with Crippen LogP contribution < -0.4 is 10.6 Å². The molecule has 0 fully saturated rings. The van der Waals surface area contributed by atoms with E-state index in [0.717, 1.165) is 25.0 Å². The van der Waals surface area contributed by atoms with Gasteiger partial charge in [0.15, 0.2) is 5.69 Å². The van der Waals surface area contributed by atoms with E-state index in [4.69, 9.17) is 0 Å². The van der Waals surface area contributed by atoms with Crippen LogP contribution in [0.5, 0.6) is 0 Å². The van der Waals surface area contributed by atoms with E-state index in [1.165, 1.54) is 0 Å². The molecule has 2 aromatic rings. The molecule has 0 radical (unpaired) electrons. The second-order valence-corrected chi connectivity index (χ2v) is 4.94. The highest BCUT2D eigenvalue weighted by molar-refractivity contribution is 5.92. The molecule has 2 heterocycles. The van der Waals surface area contributed by atoms with Crippen LogP contribution in [0.3, 0.4) is 0 Å². The van der Waals surface area contributed by atoms with Crippen molar-refractivity contribution in [1.82, 2.24) is 20.5 Å². The van der Waals surface area contributed by atoms with Crippen molar-refractivity contribution in [1.29, 1.82) is 0 Å². The van der Waals surface area contributed by atoms with Crippen LogP contribution in [0.2, 0.25) is 0 Å². The molecule has 0 saturated heterocycles. The van der Waals surface area contributed by atoms with E-state index in [2.05, 4.69) is 32.7 Å². The third kappa shape index (κ3) is 5.12. The van der Waals surface area contributed by atoms with E-state index in [9.17, 15) is 4.79 Å². The minimum Gasteiger partial charge on any atom is -0.363 e. The van der Waals surface area contributed by atoms with E-state index in [-0.39, 0.29) is 5.91 Å². The fourth-order valence-corrected chi connectivity index (χ4v) is 1.90. The van der Waals surface area contributed by atoms with Crippen molar-refractivity contribution in [3.63, 3.8) is 0 Å². The summed E-state index contributed by atoms with van der Waals surface area (Å²) in [6, 6.07) is 9.15. The number of nitrogens with one attached hydrogen (secondary N) is 2. The number of aromatic nitrogens is 3. The average Bonchev–Trinajstić information content (AvgIpc) is 2.58. The first-order valence-electron chi connectivity index (χ1n) is 7.55. The van der Waals surface area contributed by atoms with Crippen LogP contribution in [0.1, 0.15) is 42.4 Å². The topological polar surface area (TPSA) is 79.8 Å². The van der Waals surface area contributed by atoms with Crippen LogP contribution in [0.25, 0.3) is 0 Å². The monoisotopic (exact) mass is 299 g/mol. The number of rotatable bonds is 8. The van der Waals surface area contributed by atoms with Gasteiger partial charge in [0.1, 0.15) is 5.82 Å². The largest absolute Gasteiger partial charge is 0.363 e. The molecule has 6 nitrogen and oxygen atoms in total. The zero-order valence-corrected chi connectivity index (χ0v) is 12.7. The molecular weight excluding hydrogens is 278 g/mol. The van der Waals surface area contributed by atoms with Crippen molar-refractivity contribution in [3.8, 4) is 0 Å². The Morgan fingerprint density at radius 3 is 2.73 bits per heavy atom. The van der Waals surface area contributed by atoms with E-state index in [0.29, 0.717) is 24.6 Å². The smallest absolute Gasteiger partial charge is 0.271 e. The van der Waals surface area contributed by atoms with Gasteiger partial charge in [-0.05, 0) is 30.7 Å². The fourth-order valence-electron chi connectivity index (χ4n) is 1.90. The molecule has 0 unspecified atom stereocenters. The summed E-state index contributed by atoms with van der Waals surface area (Å²) in [5.41, 5.74) is 1.25. The first-order chi connectivity index (χ1) is 10.8. The lowest BCUT2D eigenvalue weighted by Gasteiger charge is -2.06. The quantitative estimate of drug-likeness (QED) is 0.732. The number of unbranched alkanes of at least 4 members (excludes halogenated alkanes) is 2. The molecule has 0 aliphatic rings. The van der Waals surface area contributed by atoms with Crippen molar-refractivity contribution >= 4 is 11.7 Å². The summed E-state index contributed by atoms with van der Waals surface area (Å²) >= 11 is 0. The second-order valence-electron chi connectivity index (χ2n) is 4.94. The highest BCUT2D eigenvalue weighted by atomic mass is 16.1. The molecule has 116 valence electrons. The SMILES string of the molecule is CCCCCNC(=O)c1ccc(NCc2ccccn2)nn1. The van der Waals surface area contributed by atoms with Crippen LogP contribution in [0, 0.1) is 0 Å². The van der Waals surface area contributed by atoms with E-state index in [1.54, 1.807) is 18.3 Å². The van der Waals surface area contributed by atoms with Gasteiger partial charge in [-0.3, -0.25) is 9.78 Å². The highest BCUT2D eigenvalue weighted by Crippen LogP contribution is 2.04. The predicted octanol–water partition coefficient (Wildman–Crippen LogP) is 2.40. The average molecular weight is 299 g/mol. The van der Waals surface area contributed by atoms with Crippen LogP contribution in [0.4, 0.5) is 5.82 Å². The summed E-state index contributed by atoms with van der Waals surface area (Å²) in [6.07, 6.45) is 4.97. The van der Waals surface area contributed by atoms with Gasteiger partial charge in [-0.2, -0.15) is 0 Å². The standard InChI is InChI=1S/C16H21N5O/c1-2-3-5-11-18-16(22)14-8-9-15(21-20-14)19-12-13-7-4-6-10-17-13/h4,6-10H,2-3,5,11-12H2,1H3,(H,18,22)(H,19,21). The molecule has 0 aliphatic heterocycles. The number of hydrogen-bond acceptors (Lipinski definition) is 5. The molecule has 2 aromatic heterocycles. The minimum atomic E-state index is -0.181. The van der Waals surface area contributed by atoms with Crippen molar-refractivity contribution in [2.75, 3.05) is 11.9 Å². The van der Waals surface area contributed by atoms with Crippen LogP contribution in [0.15, 0.2) is 36.5 Å². The van der Waals surface area contributed by atoms with Crippen LogP contribution in [-0.4, -0.2) is 27.6 Å². The number of carbonyl (C=O) groups excluding carboxylic acids is 1. The lowest BCUT2D eigenvalue weighted by atomic mass is 10.2. The molecule has 0 aliphatic carbocycles. The van der Waals surface area contributed by atoms with Gasteiger partial charge in [-0.15, -0.1) is 10.2 Å². The summed E-state index contributed by atoms with van der Waals surface area (Å²) in [6.45, 7) is 3.37. The Balaban J connectivity index is 1.81. The fraction of sp³-hybridized carbons (Fsp3) is 0.375. The summed E-state index contributed by atoms with van der Waals surface area (Å²) in [4.78, 5) is 16.1. The number of pyridine rings is 1. The zero-order chi connectivity index (χ0) is 15.6. The third-order valence-electron chi connectivity index (χ3n) is 3.14. The Hall–Kier alpha value is -2.50. The maximum atomic E-state index is 11.9. The molecule has 1 amide bonds. The summed E-state index contributed by atoms with van der Waals surface area (Å²) < 4.78 is 0. The predicted molar refractivity (Wildman–Crippen MR) is 85.5 cm³/mol. The van der Waals surface area contributed by atoms with E-state index >= 15 is 0 Å². The second kappa shape index (κ2) is 8.71. The minimum absolute atomic E-state index is 0.181. The van der Waals surface area contributed by atoms with Gasteiger partial charge >= 0.3 is 0 Å². The van der Waals surface area contributed by atoms with Gasteiger partial charge in [-0.25, -0.2) is 0 Å². The molecule has 2 N–H and O–H groups in total. The normalized spacial score (nSPS) is 10.2. The Morgan fingerprint density at radius 2 is 2.05 bits per heavy atom. The van der Waals surface area contributed by atoms with Gasteiger partial charge in [0.25, 0.3) is 5.91 Å². The summed E-state index contributed by atoms with van der Waals surface area (Å²) in [5.74, 6) is 0.438. The molecule has 0 atom stereocenters. The molecule has 0 bridgehead atoms. The molecule has 0 aromatic carbocycles. The Kier molecular flexibility index (Phi) is 6.29. The summed E-state index contributed by atoms with van der Waals surface area (Å²) in [7, 11) is 0. The number of nitrogens with zero attached hydrogens (tertiary/aromatic N) is 3. The van der Waals surface area contributed by atoms with E-state index in [1.807, 2.05) is 18.2 Å². The van der Waals surface area contributed by atoms with Crippen molar-refractivity contribution in [2.24, 2.45) is 0 Å². The maximum absolute atomic E-state index is 11.9. The Morgan fingerprint density at radius 1 is 1.14 bits per heavy atom. The molecule has 6 heteroatoms. The third-order valence-corrected chi connectivity index (χ3v) is 3.14. The molecule has 0 saturated carbocycles. The zero-order valence-electron chi connectivity index (χ0n) is 12.7. The summed E-state index contributed by atoms with van der Waals surface area (Å²) in [5, 5.41) is 13.9. The van der Waals surface area contributed by atoms with Gasteiger partial charge in [-0.1, -0.05) is 25.8 Å². The van der Waals surface area contributed by atoms with Crippen molar-refractivity contribution < 1.29 is 4.79 Å².